The van der Waals surface area contributed by atoms with Gasteiger partial charge in [0.1, 0.15) is 11.4 Å². The molecular formula is C19H30N4O6S. The maximum absolute atomic E-state index is 12.6. The summed E-state index contributed by atoms with van der Waals surface area (Å²) in [5, 5.41) is 5.39. The Morgan fingerprint density at radius 3 is 2.50 bits per heavy atom. The lowest BCUT2D eigenvalue weighted by molar-refractivity contribution is 0.0635. The minimum Gasteiger partial charge on any atom is -0.495 e. The van der Waals surface area contributed by atoms with E-state index in [9.17, 15) is 18.0 Å². The quantitative estimate of drug-likeness (QED) is 0.643. The number of amides is 3. The Balaban J connectivity index is 2.07. The van der Waals surface area contributed by atoms with Gasteiger partial charge in [-0.2, -0.15) is 0 Å². The summed E-state index contributed by atoms with van der Waals surface area (Å²) in [5.74, 6) is 0.411. The van der Waals surface area contributed by atoms with E-state index in [1.165, 1.54) is 7.11 Å². The van der Waals surface area contributed by atoms with Crippen molar-refractivity contribution in [3.63, 3.8) is 0 Å². The van der Waals surface area contributed by atoms with Gasteiger partial charge >= 0.3 is 12.1 Å². The van der Waals surface area contributed by atoms with Crippen LogP contribution in [0.25, 0.3) is 0 Å². The number of benzene rings is 1. The number of carbonyl (C=O) groups is 2. The van der Waals surface area contributed by atoms with Crippen LogP contribution >= 0.6 is 0 Å². The number of rotatable bonds is 5. The van der Waals surface area contributed by atoms with Crippen LogP contribution in [-0.4, -0.2) is 63.5 Å². The number of piperidine rings is 1. The molecule has 1 atom stereocenters. The molecule has 0 unspecified atom stereocenters. The molecule has 0 radical (unpaired) electrons. The van der Waals surface area contributed by atoms with Crippen molar-refractivity contribution >= 4 is 33.5 Å². The normalized spacial score (nSPS) is 17.2. The van der Waals surface area contributed by atoms with Crippen molar-refractivity contribution in [2.45, 2.75) is 45.3 Å². The van der Waals surface area contributed by atoms with Crippen molar-refractivity contribution in [3.05, 3.63) is 18.2 Å². The van der Waals surface area contributed by atoms with Gasteiger partial charge in [-0.25, -0.2) is 22.7 Å². The molecule has 1 saturated heterocycles. The Morgan fingerprint density at radius 2 is 1.90 bits per heavy atom. The summed E-state index contributed by atoms with van der Waals surface area (Å²) in [6.07, 6.45) is 1.82. The number of nitrogens with one attached hydrogen (secondary N) is 3. The third kappa shape index (κ3) is 7.71. The fourth-order valence-corrected chi connectivity index (χ4v) is 3.86. The molecule has 3 amide bonds. The number of hydrogen-bond acceptors (Lipinski definition) is 6. The van der Waals surface area contributed by atoms with Gasteiger partial charge < -0.3 is 19.7 Å². The second kappa shape index (κ2) is 9.52. The van der Waals surface area contributed by atoms with Crippen molar-refractivity contribution in [1.29, 1.82) is 0 Å². The van der Waals surface area contributed by atoms with Crippen LogP contribution in [0.4, 0.5) is 21.0 Å². The van der Waals surface area contributed by atoms with Crippen LogP contribution in [0.2, 0.25) is 0 Å². The summed E-state index contributed by atoms with van der Waals surface area (Å²) in [7, 11) is -1.88. The molecule has 0 bridgehead atoms. The van der Waals surface area contributed by atoms with E-state index in [-0.39, 0.29) is 18.6 Å². The fraction of sp³-hybridized carbons (Fsp3) is 0.579. The van der Waals surface area contributed by atoms with Gasteiger partial charge in [-0.1, -0.05) is 0 Å². The Hall–Kier alpha value is -2.53. The molecule has 1 aromatic rings. The first kappa shape index (κ1) is 23.7. The van der Waals surface area contributed by atoms with Gasteiger partial charge in [0.25, 0.3) is 0 Å². The van der Waals surface area contributed by atoms with E-state index in [4.69, 9.17) is 9.47 Å². The van der Waals surface area contributed by atoms with Crippen LogP contribution in [0.1, 0.15) is 33.6 Å². The third-order valence-electron chi connectivity index (χ3n) is 4.18. The SMILES string of the molecule is COc1ccc(NC(=O)N2CCC[C@H](NS(C)(=O)=O)C2)cc1NC(=O)OC(C)(C)C. The molecule has 1 aromatic carbocycles. The molecular weight excluding hydrogens is 412 g/mol. The van der Waals surface area contributed by atoms with E-state index in [1.807, 2.05) is 0 Å². The number of nitrogens with zero attached hydrogens (tertiary/aromatic N) is 1. The zero-order chi connectivity index (χ0) is 22.5. The summed E-state index contributed by atoms with van der Waals surface area (Å²) < 4.78 is 36.0. The molecule has 10 nitrogen and oxygen atoms in total. The molecule has 0 saturated carbocycles. The first-order chi connectivity index (χ1) is 13.9. The van der Waals surface area contributed by atoms with E-state index in [0.717, 1.165) is 6.26 Å². The number of urea groups is 1. The summed E-state index contributed by atoms with van der Waals surface area (Å²) in [4.78, 5) is 26.3. The highest BCUT2D eigenvalue weighted by molar-refractivity contribution is 7.88. The van der Waals surface area contributed by atoms with Gasteiger partial charge in [-0.05, 0) is 51.8 Å². The highest BCUT2D eigenvalue weighted by atomic mass is 32.2. The summed E-state index contributed by atoms with van der Waals surface area (Å²) in [6.45, 7) is 6.06. The Bertz CT molecular complexity index is 882. The van der Waals surface area contributed by atoms with Gasteiger partial charge in [0.2, 0.25) is 10.0 Å². The molecule has 2 rings (SSSR count). The first-order valence-corrected chi connectivity index (χ1v) is 11.5. The summed E-state index contributed by atoms with van der Waals surface area (Å²) in [5.41, 5.74) is 0.137. The van der Waals surface area contributed by atoms with Crippen molar-refractivity contribution < 1.29 is 27.5 Å². The molecule has 30 heavy (non-hydrogen) atoms. The molecule has 1 aliphatic heterocycles. The number of anilines is 2. The van der Waals surface area contributed by atoms with Gasteiger partial charge in [0.15, 0.2) is 0 Å². The number of methoxy groups -OCH3 is 1. The van der Waals surface area contributed by atoms with Gasteiger partial charge in [-0.15, -0.1) is 0 Å². The number of ether oxygens (including phenoxy) is 2. The highest BCUT2D eigenvalue weighted by Gasteiger charge is 2.26. The van der Waals surface area contributed by atoms with Gasteiger partial charge in [-0.3, -0.25) is 5.32 Å². The van der Waals surface area contributed by atoms with E-state index in [2.05, 4.69) is 15.4 Å². The Labute approximate surface area is 177 Å². The molecule has 1 fully saturated rings. The molecule has 11 heteroatoms. The monoisotopic (exact) mass is 442 g/mol. The van der Waals surface area contributed by atoms with Crippen molar-refractivity contribution in [2.24, 2.45) is 0 Å². The Morgan fingerprint density at radius 1 is 1.20 bits per heavy atom. The maximum atomic E-state index is 12.6. The zero-order valence-electron chi connectivity index (χ0n) is 17.9. The van der Waals surface area contributed by atoms with Crippen LogP contribution in [0, 0.1) is 0 Å². The van der Waals surface area contributed by atoms with Crippen molar-refractivity contribution in [2.75, 3.05) is 37.1 Å². The number of hydrogen-bond donors (Lipinski definition) is 3. The second-order valence-electron chi connectivity index (χ2n) is 8.15. The lowest BCUT2D eigenvalue weighted by atomic mass is 10.1. The molecule has 0 aromatic heterocycles. The van der Waals surface area contributed by atoms with Crippen molar-refractivity contribution in [1.82, 2.24) is 9.62 Å². The molecule has 1 aliphatic rings. The smallest absolute Gasteiger partial charge is 0.412 e. The lowest BCUT2D eigenvalue weighted by Crippen LogP contribution is -2.50. The first-order valence-electron chi connectivity index (χ1n) is 9.57. The molecule has 0 aliphatic carbocycles. The van der Waals surface area contributed by atoms with Crippen LogP contribution in [0.5, 0.6) is 5.75 Å². The van der Waals surface area contributed by atoms with E-state index < -0.39 is 21.7 Å². The molecule has 0 spiro atoms. The number of carbonyl (C=O) groups excluding carboxylic acids is 2. The van der Waals surface area contributed by atoms with Crippen LogP contribution < -0.4 is 20.1 Å². The lowest BCUT2D eigenvalue weighted by Gasteiger charge is -2.32. The second-order valence-corrected chi connectivity index (χ2v) is 9.93. The summed E-state index contributed by atoms with van der Waals surface area (Å²) >= 11 is 0. The van der Waals surface area contributed by atoms with Crippen LogP contribution in [-0.2, 0) is 14.8 Å². The van der Waals surface area contributed by atoms with Crippen molar-refractivity contribution in [3.8, 4) is 5.75 Å². The number of sulfonamides is 1. The zero-order valence-corrected chi connectivity index (χ0v) is 18.8. The van der Waals surface area contributed by atoms with E-state index in [0.29, 0.717) is 36.5 Å². The van der Waals surface area contributed by atoms with Crippen LogP contribution in [0.3, 0.4) is 0 Å². The van der Waals surface area contributed by atoms with Gasteiger partial charge in [0, 0.05) is 24.8 Å². The molecule has 168 valence electrons. The third-order valence-corrected chi connectivity index (χ3v) is 4.94. The Kier molecular flexibility index (Phi) is 7.54. The minimum atomic E-state index is -3.34. The average Bonchev–Trinajstić information content (AvgIpc) is 2.59. The predicted octanol–water partition coefficient (Wildman–Crippen LogP) is 2.59. The van der Waals surface area contributed by atoms with E-state index in [1.54, 1.807) is 43.9 Å². The fourth-order valence-electron chi connectivity index (χ4n) is 3.06. The maximum Gasteiger partial charge on any atom is 0.412 e. The van der Waals surface area contributed by atoms with E-state index >= 15 is 0 Å². The minimum absolute atomic E-state index is 0.276. The average molecular weight is 443 g/mol. The summed E-state index contributed by atoms with van der Waals surface area (Å²) in [6, 6.07) is 4.15. The number of likely N-dealkylation sites (tertiary alicyclic amines) is 1. The predicted molar refractivity (Wildman–Crippen MR) is 114 cm³/mol. The van der Waals surface area contributed by atoms with Gasteiger partial charge in [0.05, 0.1) is 19.1 Å². The molecule has 3 N–H and O–H groups in total. The highest BCUT2D eigenvalue weighted by Crippen LogP contribution is 2.28. The topological polar surface area (TPSA) is 126 Å². The largest absolute Gasteiger partial charge is 0.495 e. The standard InChI is InChI=1S/C19H30N4O6S/c1-19(2,3)29-18(25)21-15-11-13(8-9-16(15)28-4)20-17(24)23-10-6-7-14(12-23)22-30(5,26)27/h8-9,11,14,22H,6-7,10,12H2,1-5H3,(H,20,24)(H,21,25)/t14-/m0/s1. The molecule has 1 heterocycles. The van der Waals surface area contributed by atoms with Crippen LogP contribution in [0.15, 0.2) is 18.2 Å².